The summed E-state index contributed by atoms with van der Waals surface area (Å²) in [6.07, 6.45) is 5.25. The molecule has 0 unspecified atom stereocenters. The van der Waals surface area contributed by atoms with Gasteiger partial charge in [-0.3, -0.25) is 0 Å². The largest absolute Gasteiger partial charge is 0.490 e. The molecule has 0 aliphatic heterocycles. The van der Waals surface area contributed by atoms with Gasteiger partial charge in [0.2, 0.25) is 0 Å². The molecule has 0 radical (unpaired) electrons. The number of benzene rings is 1. The van der Waals surface area contributed by atoms with Crippen LogP contribution >= 0.6 is 11.6 Å². The lowest BCUT2D eigenvalue weighted by Gasteiger charge is -2.26. The first-order valence-corrected chi connectivity index (χ1v) is 7.13. The Balaban J connectivity index is 1.96. The molecule has 0 spiro atoms. The van der Waals surface area contributed by atoms with Crippen LogP contribution in [0, 0.1) is 17.8 Å². The Hall–Kier alpha value is -1.13. The van der Waals surface area contributed by atoms with Crippen LogP contribution in [0.5, 0.6) is 5.75 Å². The Bertz CT molecular complexity index is 436. The van der Waals surface area contributed by atoms with Gasteiger partial charge in [-0.05, 0) is 49.8 Å². The second kappa shape index (κ2) is 6.71. The molecule has 1 nitrogen and oxygen atoms in total. The maximum Gasteiger partial charge on any atom is 0.120 e. The third kappa shape index (κ3) is 3.96. The number of halogens is 1. The van der Waals surface area contributed by atoms with Crippen LogP contribution in [-0.2, 0) is 0 Å². The van der Waals surface area contributed by atoms with Crippen LogP contribution in [0.1, 0.15) is 38.2 Å². The van der Waals surface area contributed by atoms with Gasteiger partial charge in [0.25, 0.3) is 0 Å². The van der Waals surface area contributed by atoms with E-state index in [0.717, 1.165) is 17.2 Å². The lowest BCUT2D eigenvalue weighted by atomic mass is 9.89. The summed E-state index contributed by atoms with van der Waals surface area (Å²) in [5, 5.41) is 0. The standard InChI is InChI=1S/C16H19ClO/c1-13-7-9-15(10-8-13)18-16-6-2-4-14(12-16)5-3-11-17/h2,4,6,12-13,15H,7-11H2,1H3. The highest BCUT2D eigenvalue weighted by atomic mass is 35.5. The van der Waals surface area contributed by atoms with Crippen molar-refractivity contribution in [3.05, 3.63) is 29.8 Å². The number of hydrogen-bond donors (Lipinski definition) is 0. The van der Waals surface area contributed by atoms with Crippen molar-refractivity contribution >= 4 is 11.6 Å². The zero-order valence-electron chi connectivity index (χ0n) is 10.8. The average molecular weight is 263 g/mol. The van der Waals surface area contributed by atoms with Gasteiger partial charge in [0, 0.05) is 5.56 Å². The molecule has 0 bridgehead atoms. The Kier molecular flexibility index (Phi) is 4.96. The maximum atomic E-state index is 6.02. The fraction of sp³-hybridized carbons (Fsp3) is 0.500. The summed E-state index contributed by atoms with van der Waals surface area (Å²) in [5.41, 5.74) is 0.970. The highest BCUT2D eigenvalue weighted by molar-refractivity contribution is 6.19. The minimum atomic E-state index is 0.367. The van der Waals surface area contributed by atoms with E-state index < -0.39 is 0 Å². The number of hydrogen-bond acceptors (Lipinski definition) is 1. The summed E-state index contributed by atoms with van der Waals surface area (Å²) in [5.74, 6) is 8.02. The SMILES string of the molecule is CC1CCC(Oc2cccc(C#CCCl)c2)CC1. The molecule has 2 rings (SSSR count). The Morgan fingerprint density at radius 1 is 1.28 bits per heavy atom. The molecule has 18 heavy (non-hydrogen) atoms. The molecule has 0 N–H and O–H groups in total. The third-order valence-corrected chi connectivity index (χ3v) is 3.53. The van der Waals surface area contributed by atoms with Gasteiger partial charge in [0.1, 0.15) is 5.75 Å². The van der Waals surface area contributed by atoms with Gasteiger partial charge in [-0.15, -0.1) is 11.6 Å². The normalized spacial score (nSPS) is 23.0. The van der Waals surface area contributed by atoms with Gasteiger partial charge in [-0.1, -0.05) is 24.8 Å². The van der Waals surface area contributed by atoms with Gasteiger partial charge < -0.3 is 4.74 Å². The first kappa shape index (κ1) is 13.3. The van der Waals surface area contributed by atoms with E-state index in [-0.39, 0.29) is 0 Å². The van der Waals surface area contributed by atoms with E-state index in [1.165, 1.54) is 25.7 Å². The molecule has 0 aromatic heterocycles. The Morgan fingerprint density at radius 3 is 2.78 bits per heavy atom. The van der Waals surface area contributed by atoms with Crippen molar-refractivity contribution in [3.8, 4) is 17.6 Å². The van der Waals surface area contributed by atoms with Crippen molar-refractivity contribution in [3.63, 3.8) is 0 Å². The van der Waals surface area contributed by atoms with E-state index >= 15 is 0 Å². The van der Waals surface area contributed by atoms with E-state index in [0.29, 0.717) is 12.0 Å². The van der Waals surface area contributed by atoms with E-state index in [4.69, 9.17) is 16.3 Å². The van der Waals surface area contributed by atoms with Crippen molar-refractivity contribution in [1.29, 1.82) is 0 Å². The van der Waals surface area contributed by atoms with Crippen molar-refractivity contribution in [1.82, 2.24) is 0 Å². The summed E-state index contributed by atoms with van der Waals surface area (Å²) in [7, 11) is 0. The van der Waals surface area contributed by atoms with Crippen LogP contribution < -0.4 is 4.74 Å². The highest BCUT2D eigenvalue weighted by Gasteiger charge is 2.19. The molecule has 1 saturated carbocycles. The Labute approximate surface area is 114 Å². The van der Waals surface area contributed by atoms with Crippen LogP contribution in [-0.4, -0.2) is 12.0 Å². The van der Waals surface area contributed by atoms with E-state index in [2.05, 4.69) is 18.8 Å². The van der Waals surface area contributed by atoms with Crippen LogP contribution in [0.4, 0.5) is 0 Å². The van der Waals surface area contributed by atoms with E-state index in [1.54, 1.807) is 0 Å². The zero-order valence-corrected chi connectivity index (χ0v) is 11.5. The monoisotopic (exact) mass is 262 g/mol. The smallest absolute Gasteiger partial charge is 0.120 e. The molecule has 96 valence electrons. The molecular weight excluding hydrogens is 244 g/mol. The lowest BCUT2D eigenvalue weighted by Crippen LogP contribution is -2.22. The minimum Gasteiger partial charge on any atom is -0.490 e. The van der Waals surface area contributed by atoms with Gasteiger partial charge in [-0.25, -0.2) is 0 Å². The molecule has 0 atom stereocenters. The molecule has 1 fully saturated rings. The predicted molar refractivity (Wildman–Crippen MR) is 76.1 cm³/mol. The predicted octanol–water partition coefficient (Wildman–Crippen LogP) is 4.23. The van der Waals surface area contributed by atoms with Crippen molar-refractivity contribution in [2.45, 2.75) is 38.7 Å². The van der Waals surface area contributed by atoms with Crippen LogP contribution in [0.3, 0.4) is 0 Å². The van der Waals surface area contributed by atoms with Gasteiger partial charge in [0.15, 0.2) is 0 Å². The highest BCUT2D eigenvalue weighted by Crippen LogP contribution is 2.27. The summed E-state index contributed by atoms with van der Waals surface area (Å²) >= 11 is 5.56. The van der Waals surface area contributed by atoms with Crippen molar-refractivity contribution in [2.75, 3.05) is 5.88 Å². The summed E-state index contributed by atoms with van der Waals surface area (Å²) < 4.78 is 6.02. The zero-order chi connectivity index (χ0) is 12.8. The van der Waals surface area contributed by atoms with Crippen LogP contribution in [0.2, 0.25) is 0 Å². The van der Waals surface area contributed by atoms with Gasteiger partial charge in [0.05, 0.1) is 12.0 Å². The molecule has 1 aliphatic rings. The maximum absolute atomic E-state index is 6.02. The quantitative estimate of drug-likeness (QED) is 0.572. The van der Waals surface area contributed by atoms with E-state index in [9.17, 15) is 0 Å². The van der Waals surface area contributed by atoms with Crippen LogP contribution in [0.25, 0.3) is 0 Å². The van der Waals surface area contributed by atoms with E-state index in [1.807, 2.05) is 24.3 Å². The minimum absolute atomic E-state index is 0.367. The molecule has 1 aromatic carbocycles. The second-order valence-corrected chi connectivity index (χ2v) is 5.23. The van der Waals surface area contributed by atoms with Gasteiger partial charge in [-0.2, -0.15) is 0 Å². The summed E-state index contributed by atoms with van der Waals surface area (Å²) in [6.45, 7) is 2.32. The molecule has 1 aromatic rings. The third-order valence-electron chi connectivity index (χ3n) is 3.40. The Morgan fingerprint density at radius 2 is 2.06 bits per heavy atom. The molecule has 0 amide bonds. The molecule has 0 heterocycles. The molecule has 2 heteroatoms. The average Bonchev–Trinajstić information content (AvgIpc) is 2.40. The number of ether oxygens (including phenoxy) is 1. The summed E-state index contributed by atoms with van der Waals surface area (Å²) in [6, 6.07) is 7.97. The summed E-state index contributed by atoms with van der Waals surface area (Å²) in [4.78, 5) is 0. The first-order valence-electron chi connectivity index (χ1n) is 6.59. The van der Waals surface area contributed by atoms with Crippen molar-refractivity contribution < 1.29 is 4.74 Å². The van der Waals surface area contributed by atoms with Gasteiger partial charge >= 0.3 is 0 Å². The molecular formula is C16H19ClO. The number of alkyl halides is 1. The molecule has 1 aliphatic carbocycles. The first-order chi connectivity index (χ1) is 8.78. The number of rotatable bonds is 2. The second-order valence-electron chi connectivity index (χ2n) is 4.96. The fourth-order valence-corrected chi connectivity index (χ4v) is 2.39. The topological polar surface area (TPSA) is 9.23 Å². The van der Waals surface area contributed by atoms with Crippen molar-refractivity contribution in [2.24, 2.45) is 5.92 Å². The molecule has 0 saturated heterocycles. The van der Waals surface area contributed by atoms with Crippen LogP contribution in [0.15, 0.2) is 24.3 Å². The lowest BCUT2D eigenvalue weighted by molar-refractivity contribution is 0.135. The fourth-order valence-electron chi connectivity index (χ4n) is 2.32.